The Hall–Kier alpha value is -2.33. The number of carbonyl (C=O) groups is 1. The Morgan fingerprint density at radius 1 is 1.03 bits per heavy atom. The number of amides is 1. The van der Waals surface area contributed by atoms with Crippen molar-refractivity contribution >= 4 is 17.3 Å². The summed E-state index contributed by atoms with van der Waals surface area (Å²) in [6, 6.07) is 19.7. The average molecular weight is 392 g/mol. The lowest BCUT2D eigenvalue weighted by Gasteiger charge is -2.39. The first-order valence-corrected chi connectivity index (χ1v) is 11.2. The molecule has 2 atom stereocenters. The van der Waals surface area contributed by atoms with E-state index in [-0.39, 0.29) is 5.91 Å². The zero-order valence-electron chi connectivity index (χ0n) is 17.5. The molecule has 1 N–H and O–H groups in total. The van der Waals surface area contributed by atoms with E-state index in [1.807, 2.05) is 4.90 Å². The third kappa shape index (κ3) is 4.99. The molecule has 2 aliphatic heterocycles. The number of nitrogens with zero attached hydrogens (tertiary/aromatic N) is 2. The third-order valence-corrected chi connectivity index (χ3v) is 6.35. The predicted molar refractivity (Wildman–Crippen MR) is 120 cm³/mol. The molecule has 4 rings (SSSR count). The number of benzene rings is 2. The number of piperidine rings is 1. The Kier molecular flexibility index (Phi) is 6.50. The molecular formula is C25H33N3O. The minimum Gasteiger partial charge on any atom is -0.381 e. The van der Waals surface area contributed by atoms with E-state index in [2.05, 4.69) is 71.7 Å². The molecule has 2 heterocycles. The molecule has 4 nitrogen and oxygen atoms in total. The largest absolute Gasteiger partial charge is 0.381 e. The molecule has 0 unspecified atom stereocenters. The van der Waals surface area contributed by atoms with E-state index < -0.39 is 0 Å². The van der Waals surface area contributed by atoms with E-state index in [1.165, 1.54) is 30.5 Å². The zero-order valence-corrected chi connectivity index (χ0v) is 17.5. The van der Waals surface area contributed by atoms with Gasteiger partial charge in [-0.05, 0) is 61.6 Å². The summed E-state index contributed by atoms with van der Waals surface area (Å²) in [6.07, 6.45) is 5.44. The molecule has 2 aliphatic rings. The van der Waals surface area contributed by atoms with Crippen molar-refractivity contribution in [2.45, 2.75) is 51.6 Å². The SMILES string of the molecule is CCC[C@H]1CCN(Cc2ccc(N3CCCC3=O)cc2)C[C@H]1Nc1ccccc1. The highest BCUT2D eigenvalue weighted by Crippen LogP contribution is 2.27. The van der Waals surface area contributed by atoms with Crippen molar-refractivity contribution in [2.24, 2.45) is 5.92 Å². The summed E-state index contributed by atoms with van der Waals surface area (Å²) in [4.78, 5) is 16.4. The molecule has 4 heteroatoms. The minimum atomic E-state index is 0.255. The molecule has 1 amide bonds. The monoisotopic (exact) mass is 391 g/mol. The molecule has 0 saturated carbocycles. The number of likely N-dealkylation sites (tertiary alicyclic amines) is 1. The van der Waals surface area contributed by atoms with Crippen LogP contribution < -0.4 is 10.2 Å². The lowest BCUT2D eigenvalue weighted by atomic mass is 9.87. The van der Waals surface area contributed by atoms with Crippen LogP contribution in [0.25, 0.3) is 0 Å². The maximum Gasteiger partial charge on any atom is 0.227 e. The van der Waals surface area contributed by atoms with Crippen LogP contribution in [0.5, 0.6) is 0 Å². The van der Waals surface area contributed by atoms with E-state index >= 15 is 0 Å². The predicted octanol–water partition coefficient (Wildman–Crippen LogP) is 4.92. The molecule has 0 radical (unpaired) electrons. The van der Waals surface area contributed by atoms with Crippen molar-refractivity contribution in [3.63, 3.8) is 0 Å². The van der Waals surface area contributed by atoms with Gasteiger partial charge >= 0.3 is 0 Å². The number of anilines is 2. The van der Waals surface area contributed by atoms with Gasteiger partial charge in [0.2, 0.25) is 5.91 Å². The molecule has 0 aromatic heterocycles. The van der Waals surface area contributed by atoms with Crippen molar-refractivity contribution in [1.82, 2.24) is 4.90 Å². The van der Waals surface area contributed by atoms with Gasteiger partial charge in [-0.15, -0.1) is 0 Å². The van der Waals surface area contributed by atoms with Crippen LogP contribution in [0.1, 0.15) is 44.6 Å². The van der Waals surface area contributed by atoms with Gasteiger partial charge in [0.25, 0.3) is 0 Å². The topological polar surface area (TPSA) is 35.6 Å². The molecular weight excluding hydrogens is 358 g/mol. The Balaban J connectivity index is 1.39. The molecule has 0 aliphatic carbocycles. The second-order valence-electron chi connectivity index (χ2n) is 8.50. The fourth-order valence-corrected chi connectivity index (χ4v) is 4.80. The quantitative estimate of drug-likeness (QED) is 0.728. The molecule has 2 saturated heterocycles. The number of nitrogens with one attached hydrogen (secondary N) is 1. The summed E-state index contributed by atoms with van der Waals surface area (Å²) in [5.74, 6) is 0.991. The highest BCUT2D eigenvalue weighted by molar-refractivity contribution is 5.95. The van der Waals surface area contributed by atoms with E-state index in [9.17, 15) is 4.79 Å². The van der Waals surface area contributed by atoms with Crippen LogP contribution in [0, 0.1) is 5.92 Å². The van der Waals surface area contributed by atoms with Gasteiger partial charge in [0.1, 0.15) is 0 Å². The summed E-state index contributed by atoms with van der Waals surface area (Å²) in [5, 5.41) is 3.80. The first-order chi connectivity index (χ1) is 14.2. The van der Waals surface area contributed by atoms with Crippen LogP contribution in [-0.2, 0) is 11.3 Å². The number of carbonyl (C=O) groups excluding carboxylic acids is 1. The third-order valence-electron chi connectivity index (χ3n) is 6.35. The molecule has 29 heavy (non-hydrogen) atoms. The first kappa shape index (κ1) is 20.0. The minimum absolute atomic E-state index is 0.255. The molecule has 2 fully saturated rings. The lowest BCUT2D eigenvalue weighted by molar-refractivity contribution is -0.117. The van der Waals surface area contributed by atoms with Gasteiger partial charge < -0.3 is 10.2 Å². The van der Waals surface area contributed by atoms with Crippen LogP contribution in [0.3, 0.4) is 0 Å². The smallest absolute Gasteiger partial charge is 0.227 e. The highest BCUT2D eigenvalue weighted by Gasteiger charge is 2.28. The maximum atomic E-state index is 12.0. The maximum absolute atomic E-state index is 12.0. The zero-order chi connectivity index (χ0) is 20.1. The fourth-order valence-electron chi connectivity index (χ4n) is 4.80. The summed E-state index contributed by atoms with van der Waals surface area (Å²) in [5.41, 5.74) is 3.59. The Morgan fingerprint density at radius 2 is 1.83 bits per heavy atom. The molecule has 2 aromatic carbocycles. The van der Waals surface area contributed by atoms with Crippen LogP contribution in [0.4, 0.5) is 11.4 Å². The fraction of sp³-hybridized carbons (Fsp3) is 0.480. The first-order valence-electron chi connectivity index (χ1n) is 11.2. The van der Waals surface area contributed by atoms with Crippen LogP contribution in [0.15, 0.2) is 54.6 Å². The Labute approximate surface area is 174 Å². The van der Waals surface area contributed by atoms with Gasteiger partial charge in [-0.3, -0.25) is 9.69 Å². The van der Waals surface area contributed by atoms with E-state index in [0.717, 1.165) is 44.2 Å². The number of hydrogen-bond donors (Lipinski definition) is 1. The van der Waals surface area contributed by atoms with Crippen LogP contribution >= 0.6 is 0 Å². The second kappa shape index (κ2) is 9.45. The number of para-hydroxylation sites is 1. The normalized spacial score (nSPS) is 22.8. The van der Waals surface area contributed by atoms with Crippen molar-refractivity contribution in [1.29, 1.82) is 0 Å². The van der Waals surface area contributed by atoms with Crippen LogP contribution in [0.2, 0.25) is 0 Å². The van der Waals surface area contributed by atoms with Gasteiger partial charge in [0, 0.05) is 43.5 Å². The van der Waals surface area contributed by atoms with Crippen molar-refractivity contribution < 1.29 is 4.79 Å². The molecule has 0 spiro atoms. The highest BCUT2D eigenvalue weighted by atomic mass is 16.2. The second-order valence-corrected chi connectivity index (χ2v) is 8.50. The Bertz CT molecular complexity index is 789. The van der Waals surface area contributed by atoms with E-state index in [4.69, 9.17) is 0 Å². The summed E-state index contributed by atoms with van der Waals surface area (Å²) in [7, 11) is 0. The van der Waals surface area contributed by atoms with Gasteiger partial charge in [-0.1, -0.05) is 43.7 Å². The number of hydrogen-bond acceptors (Lipinski definition) is 3. The molecule has 0 bridgehead atoms. The van der Waals surface area contributed by atoms with Gasteiger partial charge in [0.15, 0.2) is 0 Å². The van der Waals surface area contributed by atoms with Crippen molar-refractivity contribution in [2.75, 3.05) is 29.9 Å². The molecule has 2 aromatic rings. The van der Waals surface area contributed by atoms with Gasteiger partial charge in [-0.2, -0.15) is 0 Å². The van der Waals surface area contributed by atoms with Gasteiger partial charge in [-0.25, -0.2) is 0 Å². The van der Waals surface area contributed by atoms with E-state index in [1.54, 1.807) is 0 Å². The van der Waals surface area contributed by atoms with E-state index in [0.29, 0.717) is 12.5 Å². The van der Waals surface area contributed by atoms with Gasteiger partial charge in [0.05, 0.1) is 0 Å². The number of rotatable bonds is 7. The summed E-state index contributed by atoms with van der Waals surface area (Å²) >= 11 is 0. The summed E-state index contributed by atoms with van der Waals surface area (Å²) in [6.45, 7) is 6.35. The summed E-state index contributed by atoms with van der Waals surface area (Å²) < 4.78 is 0. The van der Waals surface area contributed by atoms with Crippen LogP contribution in [-0.4, -0.2) is 36.5 Å². The standard InChI is InChI=1S/C25H33N3O/c1-2-7-21-15-17-27(19-24(21)26-22-8-4-3-5-9-22)18-20-11-13-23(14-12-20)28-16-6-10-25(28)29/h3-5,8-9,11-14,21,24,26H,2,6-7,10,15-19H2,1H3/t21-,24+/m0/s1. The average Bonchev–Trinajstić information content (AvgIpc) is 3.17. The Morgan fingerprint density at radius 3 is 2.52 bits per heavy atom. The van der Waals surface area contributed by atoms with Crippen molar-refractivity contribution in [3.8, 4) is 0 Å². The van der Waals surface area contributed by atoms with Crippen molar-refractivity contribution in [3.05, 3.63) is 60.2 Å². The lowest BCUT2D eigenvalue weighted by Crippen LogP contribution is -2.47. The molecule has 154 valence electrons.